The number of aromatic nitrogens is 3. The number of hydrogen-bond donors (Lipinski definition) is 3. The number of rotatable bonds is 5. The monoisotopic (exact) mass is 604 g/mol. The van der Waals surface area contributed by atoms with Crippen molar-refractivity contribution in [2.75, 3.05) is 18.0 Å². The van der Waals surface area contributed by atoms with Crippen LogP contribution in [0.1, 0.15) is 35.8 Å². The molecular weight excluding hydrogens is 579 g/mol. The van der Waals surface area contributed by atoms with Gasteiger partial charge >= 0.3 is 0 Å². The summed E-state index contributed by atoms with van der Waals surface area (Å²) in [4.78, 5) is 12.0. The summed E-state index contributed by atoms with van der Waals surface area (Å²) in [6.45, 7) is 0.988. The fourth-order valence-electron chi connectivity index (χ4n) is 5.81. The lowest BCUT2D eigenvalue weighted by atomic mass is 9.73. The molecule has 1 saturated heterocycles. The van der Waals surface area contributed by atoms with Crippen molar-refractivity contribution < 1.29 is 13.5 Å². The molecule has 13 heteroatoms. The van der Waals surface area contributed by atoms with Crippen molar-refractivity contribution in [3.05, 3.63) is 75.8 Å². The number of aliphatic hydroxyl groups excluding tert-OH is 1. The summed E-state index contributed by atoms with van der Waals surface area (Å²) in [6.07, 6.45) is 5.76. The first kappa shape index (κ1) is 26.8. The molecule has 1 fully saturated rings. The molecule has 5 N–H and O–H groups in total. The van der Waals surface area contributed by atoms with Crippen molar-refractivity contribution in [3.8, 4) is 0 Å². The van der Waals surface area contributed by atoms with Gasteiger partial charge in [0.1, 0.15) is 10.7 Å². The molecule has 204 valence electrons. The number of anilines is 1. The van der Waals surface area contributed by atoms with Crippen LogP contribution in [0.2, 0.25) is 10.0 Å². The van der Waals surface area contributed by atoms with E-state index in [2.05, 4.69) is 20.9 Å². The van der Waals surface area contributed by atoms with Gasteiger partial charge < -0.3 is 15.7 Å². The van der Waals surface area contributed by atoms with Gasteiger partial charge in [0.2, 0.25) is 10.0 Å². The average molecular weight is 606 g/mol. The summed E-state index contributed by atoms with van der Waals surface area (Å²) in [5.74, 6) is 0.592. The number of fused-ring (bicyclic) bond motifs is 2. The molecule has 1 spiro atoms. The van der Waals surface area contributed by atoms with E-state index in [1.165, 1.54) is 6.20 Å². The normalized spacial score (nSPS) is 18.7. The van der Waals surface area contributed by atoms with E-state index in [-0.39, 0.29) is 23.0 Å². The molecule has 3 aromatic heterocycles. The Morgan fingerprint density at radius 1 is 1.15 bits per heavy atom. The van der Waals surface area contributed by atoms with E-state index in [1.54, 1.807) is 34.9 Å². The molecule has 0 radical (unpaired) electrons. The third kappa shape index (κ3) is 4.50. The van der Waals surface area contributed by atoms with Crippen molar-refractivity contribution in [2.24, 2.45) is 16.3 Å². The van der Waals surface area contributed by atoms with Gasteiger partial charge in [0, 0.05) is 42.0 Å². The van der Waals surface area contributed by atoms with E-state index in [0.29, 0.717) is 50.1 Å². The van der Waals surface area contributed by atoms with Crippen LogP contribution in [-0.2, 0) is 23.1 Å². The van der Waals surface area contributed by atoms with Gasteiger partial charge in [0.25, 0.3) is 0 Å². The molecule has 4 aromatic rings. The zero-order valence-electron chi connectivity index (χ0n) is 20.7. The molecule has 6 rings (SSSR count). The number of pyridine rings is 2. The first-order valence-electron chi connectivity index (χ1n) is 12.4. The molecule has 1 aliphatic heterocycles. The lowest BCUT2D eigenvalue weighted by molar-refractivity contribution is 0.186. The fourth-order valence-corrected chi connectivity index (χ4v) is 8.33. The highest BCUT2D eigenvalue weighted by Gasteiger charge is 2.47. The van der Waals surface area contributed by atoms with Crippen LogP contribution < -0.4 is 15.8 Å². The van der Waals surface area contributed by atoms with E-state index >= 15 is 0 Å². The van der Waals surface area contributed by atoms with E-state index < -0.39 is 10.0 Å². The van der Waals surface area contributed by atoms with Crippen molar-refractivity contribution in [3.63, 3.8) is 0 Å². The second-order valence-corrected chi connectivity index (χ2v) is 13.4. The average Bonchev–Trinajstić information content (AvgIpc) is 3.46. The SMILES string of the molecule is N[C@@H]1c2cccnc2CC12CCN(c1cc(S(N)(=O)=O)c(Sc3cccc(Cl)c3Cl)c3ncc(CO)n13)CC2. The molecule has 39 heavy (non-hydrogen) atoms. The second kappa shape index (κ2) is 9.91. The Kier molecular flexibility index (Phi) is 6.82. The number of piperidine rings is 1. The Morgan fingerprint density at radius 3 is 2.62 bits per heavy atom. The lowest BCUT2D eigenvalue weighted by Crippen LogP contribution is -2.45. The standard InChI is InChI=1S/C26H26Cl2N6O3S2/c27-17-4-1-5-19(22(17)28)38-23-20(39(30,36)37)11-21(34-15(14-35)13-32-25(23)34)33-9-6-26(7-10-33)12-18-16(24(26)29)3-2-8-31-18/h1-5,8,11,13,24,35H,6-7,9-10,12,14,29H2,(H2,30,36,37)/t24-/m1/s1. The van der Waals surface area contributed by atoms with Crippen LogP contribution in [0.15, 0.2) is 63.5 Å². The van der Waals surface area contributed by atoms with Gasteiger partial charge in [-0.1, -0.05) is 47.1 Å². The van der Waals surface area contributed by atoms with Gasteiger partial charge in [-0.2, -0.15) is 0 Å². The van der Waals surface area contributed by atoms with E-state index in [9.17, 15) is 13.5 Å². The Balaban J connectivity index is 1.42. The quantitative estimate of drug-likeness (QED) is 0.308. The minimum atomic E-state index is -4.16. The Bertz CT molecular complexity index is 1700. The smallest absolute Gasteiger partial charge is 0.239 e. The van der Waals surface area contributed by atoms with Crippen LogP contribution in [-0.4, -0.2) is 41.0 Å². The van der Waals surface area contributed by atoms with Gasteiger partial charge in [-0.15, -0.1) is 0 Å². The van der Waals surface area contributed by atoms with Gasteiger partial charge in [-0.3, -0.25) is 9.38 Å². The minimum Gasteiger partial charge on any atom is -0.390 e. The predicted octanol–water partition coefficient (Wildman–Crippen LogP) is 4.17. The van der Waals surface area contributed by atoms with Crippen molar-refractivity contribution in [2.45, 2.75) is 46.6 Å². The third-order valence-electron chi connectivity index (χ3n) is 7.87. The van der Waals surface area contributed by atoms with Gasteiger partial charge in [0.15, 0.2) is 5.65 Å². The molecule has 1 aromatic carbocycles. The highest BCUT2D eigenvalue weighted by Crippen LogP contribution is 2.51. The summed E-state index contributed by atoms with van der Waals surface area (Å²) in [5.41, 5.74) is 9.65. The lowest BCUT2D eigenvalue weighted by Gasteiger charge is -2.43. The number of nitrogens with two attached hydrogens (primary N) is 2. The summed E-state index contributed by atoms with van der Waals surface area (Å²) in [6, 6.07) is 10.6. The largest absolute Gasteiger partial charge is 0.390 e. The van der Waals surface area contributed by atoms with Crippen LogP contribution in [0.3, 0.4) is 0 Å². The van der Waals surface area contributed by atoms with E-state index in [4.69, 9.17) is 34.1 Å². The first-order chi connectivity index (χ1) is 18.6. The Hall–Kier alpha value is -2.38. The van der Waals surface area contributed by atoms with E-state index in [1.807, 2.05) is 6.07 Å². The molecule has 4 heterocycles. The maximum Gasteiger partial charge on any atom is 0.239 e. The van der Waals surface area contributed by atoms with Gasteiger partial charge in [0.05, 0.1) is 33.4 Å². The molecule has 9 nitrogen and oxygen atoms in total. The zero-order valence-corrected chi connectivity index (χ0v) is 23.9. The summed E-state index contributed by atoms with van der Waals surface area (Å²) in [7, 11) is -4.16. The molecular formula is C26H26Cl2N6O3S2. The van der Waals surface area contributed by atoms with Gasteiger partial charge in [-0.25, -0.2) is 18.5 Å². The van der Waals surface area contributed by atoms with E-state index in [0.717, 1.165) is 42.3 Å². The maximum absolute atomic E-state index is 12.9. The highest BCUT2D eigenvalue weighted by molar-refractivity contribution is 8.00. The Morgan fingerprint density at radius 2 is 1.92 bits per heavy atom. The van der Waals surface area contributed by atoms with Crippen molar-refractivity contribution in [1.29, 1.82) is 0 Å². The Labute approximate surface area is 240 Å². The number of primary sulfonamides is 1. The number of benzene rings is 1. The van der Waals surface area contributed by atoms with Gasteiger partial charge in [-0.05, 0) is 48.4 Å². The molecule has 2 aliphatic rings. The number of hydrogen-bond acceptors (Lipinski definition) is 8. The number of halogens is 2. The second-order valence-electron chi connectivity index (χ2n) is 10.0. The first-order valence-corrected chi connectivity index (χ1v) is 15.5. The molecule has 1 atom stereocenters. The van der Waals surface area contributed by atoms with Crippen LogP contribution in [0.4, 0.5) is 5.82 Å². The fraction of sp³-hybridized carbons (Fsp3) is 0.308. The molecule has 1 aliphatic carbocycles. The zero-order chi connectivity index (χ0) is 27.5. The molecule has 0 unspecified atom stereocenters. The molecule has 0 amide bonds. The third-order valence-corrected chi connectivity index (χ3v) is 11.0. The predicted molar refractivity (Wildman–Crippen MR) is 152 cm³/mol. The number of aliphatic hydroxyl groups is 1. The number of nitrogens with zero attached hydrogens (tertiary/aromatic N) is 4. The van der Waals surface area contributed by atoms with Crippen molar-refractivity contribution >= 4 is 56.5 Å². The van der Waals surface area contributed by atoms with Crippen molar-refractivity contribution in [1.82, 2.24) is 14.4 Å². The molecule has 0 bridgehead atoms. The van der Waals surface area contributed by atoms with Crippen LogP contribution in [0, 0.1) is 5.41 Å². The van der Waals surface area contributed by atoms with Crippen LogP contribution >= 0.6 is 35.0 Å². The van der Waals surface area contributed by atoms with Crippen LogP contribution in [0.25, 0.3) is 5.65 Å². The number of sulfonamides is 1. The summed E-state index contributed by atoms with van der Waals surface area (Å²) < 4.78 is 27.6. The topological polar surface area (TPSA) is 140 Å². The summed E-state index contributed by atoms with van der Waals surface area (Å²) >= 11 is 13.8. The summed E-state index contributed by atoms with van der Waals surface area (Å²) in [5, 5.41) is 16.5. The highest BCUT2D eigenvalue weighted by atomic mass is 35.5. The number of imidazole rings is 1. The molecule has 0 saturated carbocycles. The maximum atomic E-state index is 12.9. The minimum absolute atomic E-state index is 0.0735. The van der Waals surface area contributed by atoms with Crippen LogP contribution in [0.5, 0.6) is 0 Å².